The first-order chi connectivity index (χ1) is 7.79. The topological polar surface area (TPSA) is 36.9 Å². The fourth-order valence-electron chi connectivity index (χ4n) is 2.32. The molecule has 0 unspecified atom stereocenters. The fraction of sp³-hybridized carbons (Fsp3) is 1.00. The predicted molar refractivity (Wildman–Crippen MR) is 64.4 cm³/mol. The Bertz CT molecular complexity index is 179. The SMILES string of the molecule is CCOCCO[Si](OC)(OC)C1CCCC1. The van der Waals surface area contributed by atoms with Crippen molar-refractivity contribution in [3.8, 4) is 0 Å². The molecule has 0 heterocycles. The van der Waals surface area contributed by atoms with E-state index < -0.39 is 8.80 Å². The summed E-state index contributed by atoms with van der Waals surface area (Å²) in [6.45, 7) is 3.89. The van der Waals surface area contributed by atoms with Crippen molar-refractivity contribution in [1.82, 2.24) is 0 Å². The van der Waals surface area contributed by atoms with Crippen LogP contribution in [0.15, 0.2) is 0 Å². The Kier molecular flexibility index (Phi) is 6.53. The summed E-state index contributed by atoms with van der Waals surface area (Å²) >= 11 is 0. The van der Waals surface area contributed by atoms with Crippen molar-refractivity contribution >= 4 is 8.80 Å². The maximum atomic E-state index is 5.88. The van der Waals surface area contributed by atoms with E-state index in [-0.39, 0.29) is 0 Å². The van der Waals surface area contributed by atoms with E-state index in [1.807, 2.05) is 6.92 Å². The van der Waals surface area contributed by atoms with Crippen molar-refractivity contribution in [2.45, 2.75) is 38.1 Å². The van der Waals surface area contributed by atoms with E-state index in [0.717, 1.165) is 6.61 Å². The van der Waals surface area contributed by atoms with E-state index in [1.54, 1.807) is 14.2 Å². The molecule has 0 N–H and O–H groups in total. The smallest absolute Gasteiger partial charge is 0.379 e. The molecule has 5 heteroatoms. The quantitative estimate of drug-likeness (QED) is 0.487. The van der Waals surface area contributed by atoms with Crippen LogP contribution in [-0.2, 0) is 18.0 Å². The highest BCUT2D eigenvalue weighted by Crippen LogP contribution is 2.39. The molecule has 0 amide bonds. The molecule has 0 aromatic heterocycles. The molecule has 0 atom stereocenters. The molecule has 16 heavy (non-hydrogen) atoms. The minimum Gasteiger partial charge on any atom is -0.379 e. The van der Waals surface area contributed by atoms with Crippen LogP contribution in [0.2, 0.25) is 5.54 Å². The van der Waals surface area contributed by atoms with E-state index in [4.69, 9.17) is 18.0 Å². The average Bonchev–Trinajstić information content (AvgIpc) is 2.84. The Morgan fingerprint density at radius 2 is 1.69 bits per heavy atom. The largest absolute Gasteiger partial charge is 0.503 e. The summed E-state index contributed by atoms with van der Waals surface area (Å²) in [7, 11) is 0.966. The van der Waals surface area contributed by atoms with Gasteiger partial charge in [-0.25, -0.2) is 0 Å². The van der Waals surface area contributed by atoms with Crippen LogP contribution in [0, 0.1) is 0 Å². The molecule has 0 spiro atoms. The Morgan fingerprint density at radius 3 is 2.19 bits per heavy atom. The van der Waals surface area contributed by atoms with E-state index in [2.05, 4.69) is 0 Å². The molecule has 0 aromatic rings. The van der Waals surface area contributed by atoms with E-state index in [0.29, 0.717) is 18.8 Å². The number of hydrogen-bond donors (Lipinski definition) is 0. The molecule has 1 aliphatic carbocycles. The molecule has 4 nitrogen and oxygen atoms in total. The monoisotopic (exact) mass is 248 g/mol. The Labute approximate surface area is 99.6 Å². The summed E-state index contributed by atoms with van der Waals surface area (Å²) in [5, 5.41) is 0. The van der Waals surface area contributed by atoms with Gasteiger partial charge in [0, 0.05) is 26.4 Å². The summed E-state index contributed by atoms with van der Waals surface area (Å²) in [6, 6.07) is 0. The molecule has 1 rings (SSSR count). The molecule has 1 saturated carbocycles. The third kappa shape index (κ3) is 3.53. The minimum atomic E-state index is -2.44. The number of ether oxygens (including phenoxy) is 1. The molecule has 1 fully saturated rings. The summed E-state index contributed by atoms with van der Waals surface area (Å²) in [5.74, 6) is 0. The number of rotatable bonds is 8. The molecule has 0 bridgehead atoms. The van der Waals surface area contributed by atoms with Crippen molar-refractivity contribution in [1.29, 1.82) is 0 Å². The zero-order chi connectivity index (χ0) is 11.9. The first kappa shape index (κ1) is 14.1. The van der Waals surface area contributed by atoms with Crippen LogP contribution >= 0.6 is 0 Å². The van der Waals surface area contributed by atoms with Crippen LogP contribution in [0.1, 0.15) is 32.6 Å². The average molecular weight is 248 g/mol. The van der Waals surface area contributed by atoms with E-state index in [1.165, 1.54) is 25.7 Å². The highest BCUT2D eigenvalue weighted by molar-refractivity contribution is 6.62. The van der Waals surface area contributed by atoms with Gasteiger partial charge in [-0.05, 0) is 19.8 Å². The molecule has 0 aromatic carbocycles. The summed E-state index contributed by atoms with van der Waals surface area (Å²) in [4.78, 5) is 0. The second kappa shape index (κ2) is 7.40. The lowest BCUT2D eigenvalue weighted by Gasteiger charge is -2.31. The first-order valence-corrected chi connectivity index (χ1v) is 7.91. The van der Waals surface area contributed by atoms with Gasteiger partial charge in [-0.15, -0.1) is 0 Å². The van der Waals surface area contributed by atoms with Crippen molar-refractivity contribution in [3.05, 3.63) is 0 Å². The summed E-state index contributed by atoms with van der Waals surface area (Å²) < 4.78 is 22.3. The standard InChI is InChI=1S/C11H24O4Si/c1-4-14-9-10-15-16(12-2,13-3)11-7-5-6-8-11/h11H,4-10H2,1-3H3. The third-order valence-corrected chi connectivity index (χ3v) is 6.48. The lowest BCUT2D eigenvalue weighted by molar-refractivity contribution is 0.0475. The first-order valence-electron chi connectivity index (χ1n) is 6.11. The Morgan fingerprint density at radius 1 is 1.06 bits per heavy atom. The van der Waals surface area contributed by atoms with E-state index >= 15 is 0 Å². The molecular formula is C11H24O4Si. The van der Waals surface area contributed by atoms with E-state index in [9.17, 15) is 0 Å². The van der Waals surface area contributed by atoms with Gasteiger partial charge in [-0.1, -0.05) is 12.8 Å². The molecule has 1 aliphatic rings. The molecule has 0 aliphatic heterocycles. The minimum absolute atomic E-state index is 0.476. The van der Waals surface area contributed by atoms with Crippen LogP contribution in [0.3, 0.4) is 0 Å². The van der Waals surface area contributed by atoms with Gasteiger partial charge in [0.1, 0.15) is 0 Å². The third-order valence-electron chi connectivity index (χ3n) is 3.16. The Hall–Kier alpha value is 0.0569. The number of hydrogen-bond acceptors (Lipinski definition) is 4. The van der Waals surface area contributed by atoms with Gasteiger partial charge in [0.15, 0.2) is 0 Å². The second-order valence-corrected chi connectivity index (χ2v) is 7.17. The van der Waals surface area contributed by atoms with Crippen molar-refractivity contribution in [2.24, 2.45) is 0 Å². The zero-order valence-electron chi connectivity index (χ0n) is 10.7. The van der Waals surface area contributed by atoms with Crippen molar-refractivity contribution < 1.29 is 18.0 Å². The van der Waals surface area contributed by atoms with Gasteiger partial charge in [-0.2, -0.15) is 0 Å². The normalized spacial score (nSPS) is 18.2. The van der Waals surface area contributed by atoms with Gasteiger partial charge in [0.05, 0.1) is 13.2 Å². The summed E-state index contributed by atoms with van der Waals surface area (Å²) in [5.41, 5.74) is 0.476. The fourth-order valence-corrected chi connectivity index (χ4v) is 5.11. The predicted octanol–water partition coefficient (Wildman–Crippen LogP) is 2.22. The van der Waals surface area contributed by atoms with Crippen LogP contribution in [0.4, 0.5) is 0 Å². The van der Waals surface area contributed by atoms with Crippen LogP contribution < -0.4 is 0 Å². The van der Waals surface area contributed by atoms with Gasteiger partial charge in [0.25, 0.3) is 0 Å². The van der Waals surface area contributed by atoms with Crippen molar-refractivity contribution in [2.75, 3.05) is 34.0 Å². The maximum absolute atomic E-state index is 5.88. The highest BCUT2D eigenvalue weighted by atomic mass is 28.4. The van der Waals surface area contributed by atoms with Crippen molar-refractivity contribution in [3.63, 3.8) is 0 Å². The molecule has 96 valence electrons. The summed E-state index contributed by atoms with van der Waals surface area (Å²) in [6.07, 6.45) is 4.87. The van der Waals surface area contributed by atoms with Crippen LogP contribution in [-0.4, -0.2) is 42.8 Å². The Balaban J connectivity index is 2.43. The van der Waals surface area contributed by atoms with Gasteiger partial charge < -0.3 is 18.0 Å². The second-order valence-electron chi connectivity index (χ2n) is 4.04. The molecule has 0 radical (unpaired) electrons. The van der Waals surface area contributed by atoms with Crippen LogP contribution in [0.25, 0.3) is 0 Å². The van der Waals surface area contributed by atoms with Gasteiger partial charge in [0.2, 0.25) is 0 Å². The van der Waals surface area contributed by atoms with Crippen LogP contribution in [0.5, 0.6) is 0 Å². The lowest BCUT2D eigenvalue weighted by Crippen LogP contribution is -2.48. The lowest BCUT2D eigenvalue weighted by atomic mass is 10.4. The van der Waals surface area contributed by atoms with Gasteiger partial charge in [-0.3, -0.25) is 0 Å². The maximum Gasteiger partial charge on any atom is 0.503 e. The van der Waals surface area contributed by atoms with Gasteiger partial charge >= 0.3 is 8.80 Å². The molecule has 0 saturated heterocycles. The molecular weight excluding hydrogens is 224 g/mol. The zero-order valence-corrected chi connectivity index (χ0v) is 11.7. The highest BCUT2D eigenvalue weighted by Gasteiger charge is 2.48.